The Hall–Kier alpha value is -1.62. The molecule has 1 heterocycles. The Kier molecular flexibility index (Phi) is 7.20. The first-order valence-corrected chi connectivity index (χ1v) is 12.6. The first-order chi connectivity index (χ1) is 14.9. The molecule has 4 rings (SSSR count). The van der Waals surface area contributed by atoms with E-state index in [9.17, 15) is 9.59 Å². The molecule has 0 bridgehead atoms. The van der Waals surface area contributed by atoms with Crippen molar-refractivity contribution >= 4 is 89.1 Å². The third-order valence-corrected chi connectivity index (χ3v) is 7.21. The maximum atomic E-state index is 12.8. The Bertz CT molecular complexity index is 1160. The summed E-state index contributed by atoms with van der Waals surface area (Å²) in [5.41, 5.74) is 2.44. The summed E-state index contributed by atoms with van der Waals surface area (Å²) in [7, 11) is 0. The van der Waals surface area contributed by atoms with Crippen molar-refractivity contribution in [2.75, 3.05) is 4.90 Å². The van der Waals surface area contributed by atoms with Crippen LogP contribution in [0.3, 0.4) is 0 Å². The second kappa shape index (κ2) is 9.89. The molecule has 0 radical (unpaired) electrons. The second-order valence-electron chi connectivity index (χ2n) is 6.58. The number of halogens is 3. The second-order valence-corrected chi connectivity index (χ2v) is 10.5. The monoisotopic (exact) mass is 669 g/mol. The van der Waals surface area contributed by atoms with Crippen molar-refractivity contribution in [1.82, 2.24) is 0 Å². The van der Waals surface area contributed by atoms with E-state index in [1.807, 2.05) is 42.5 Å². The minimum atomic E-state index is -0.317. The average molecular weight is 671 g/mol. The van der Waals surface area contributed by atoms with Gasteiger partial charge < -0.3 is 4.74 Å². The van der Waals surface area contributed by atoms with Crippen LogP contribution in [0.1, 0.15) is 11.1 Å². The summed E-state index contributed by atoms with van der Waals surface area (Å²) in [6.07, 6.45) is 1.74. The molecule has 0 saturated carbocycles. The van der Waals surface area contributed by atoms with Crippen molar-refractivity contribution in [3.8, 4) is 5.75 Å². The number of benzene rings is 3. The third-order valence-electron chi connectivity index (χ3n) is 4.42. The topological polar surface area (TPSA) is 46.6 Å². The van der Waals surface area contributed by atoms with Crippen LogP contribution in [0.2, 0.25) is 0 Å². The largest absolute Gasteiger partial charge is 0.487 e. The predicted molar refractivity (Wildman–Crippen MR) is 140 cm³/mol. The van der Waals surface area contributed by atoms with Crippen LogP contribution in [0.25, 0.3) is 6.08 Å². The van der Waals surface area contributed by atoms with Crippen molar-refractivity contribution < 1.29 is 14.3 Å². The van der Waals surface area contributed by atoms with Crippen LogP contribution in [0.15, 0.2) is 80.6 Å². The van der Waals surface area contributed by atoms with Crippen LogP contribution in [0, 0.1) is 3.57 Å². The van der Waals surface area contributed by atoms with E-state index in [2.05, 4.69) is 54.5 Å². The van der Waals surface area contributed by atoms with Gasteiger partial charge in [0, 0.05) is 4.47 Å². The molecule has 1 aliphatic rings. The van der Waals surface area contributed by atoms with Crippen LogP contribution in [-0.4, -0.2) is 11.1 Å². The third kappa shape index (κ3) is 5.24. The molecule has 2 amide bonds. The first-order valence-electron chi connectivity index (χ1n) is 9.11. The lowest BCUT2D eigenvalue weighted by Crippen LogP contribution is -2.27. The molecule has 8 heteroatoms. The molecular weight excluding hydrogens is 657 g/mol. The number of amides is 2. The number of ether oxygens (including phenoxy) is 1. The van der Waals surface area contributed by atoms with Crippen molar-refractivity contribution in [2.24, 2.45) is 0 Å². The van der Waals surface area contributed by atoms with E-state index in [0.717, 1.165) is 41.2 Å². The van der Waals surface area contributed by atoms with Gasteiger partial charge in [-0.05, 0) is 104 Å². The van der Waals surface area contributed by atoms with Crippen LogP contribution < -0.4 is 9.64 Å². The summed E-state index contributed by atoms with van der Waals surface area (Å²) < 4.78 is 8.71. The minimum Gasteiger partial charge on any atom is -0.487 e. The molecule has 0 unspecified atom stereocenters. The van der Waals surface area contributed by atoms with Crippen molar-refractivity contribution in [2.45, 2.75) is 6.61 Å². The van der Waals surface area contributed by atoms with E-state index in [4.69, 9.17) is 4.74 Å². The fourth-order valence-electron chi connectivity index (χ4n) is 2.96. The zero-order valence-electron chi connectivity index (χ0n) is 15.8. The molecule has 0 aromatic heterocycles. The Morgan fingerprint density at radius 2 is 1.71 bits per heavy atom. The van der Waals surface area contributed by atoms with Gasteiger partial charge in [0.2, 0.25) is 0 Å². The quantitative estimate of drug-likeness (QED) is 0.207. The maximum absolute atomic E-state index is 12.8. The van der Waals surface area contributed by atoms with Gasteiger partial charge in [0.1, 0.15) is 12.4 Å². The summed E-state index contributed by atoms with van der Waals surface area (Å²) >= 11 is 10.2. The Labute approximate surface area is 214 Å². The van der Waals surface area contributed by atoms with Crippen LogP contribution >= 0.6 is 66.2 Å². The smallest absolute Gasteiger partial charge is 0.298 e. The van der Waals surface area contributed by atoms with Gasteiger partial charge in [-0.2, -0.15) is 0 Å². The number of carbonyl (C=O) groups is 2. The number of carbonyl (C=O) groups excluding carboxylic acids is 2. The molecule has 0 N–H and O–H groups in total. The van der Waals surface area contributed by atoms with Crippen molar-refractivity contribution in [1.29, 1.82) is 0 Å². The van der Waals surface area contributed by atoms with E-state index in [1.165, 1.54) is 4.90 Å². The van der Waals surface area contributed by atoms with Gasteiger partial charge in [-0.1, -0.05) is 46.3 Å². The van der Waals surface area contributed by atoms with Gasteiger partial charge >= 0.3 is 0 Å². The highest BCUT2D eigenvalue weighted by Gasteiger charge is 2.36. The SMILES string of the molecule is O=C1S/C(=C\c2cc(Br)c(OCc3ccc(Br)cc3)c(I)c2)C(=O)N1c1ccccc1. The highest BCUT2D eigenvalue weighted by atomic mass is 127. The number of imide groups is 1. The summed E-state index contributed by atoms with van der Waals surface area (Å²) in [6.45, 7) is 0.442. The molecule has 3 aromatic rings. The summed E-state index contributed by atoms with van der Waals surface area (Å²) in [5.74, 6) is 0.418. The Morgan fingerprint density at radius 1 is 1.00 bits per heavy atom. The minimum absolute atomic E-state index is 0.300. The molecule has 1 saturated heterocycles. The van der Waals surface area contributed by atoms with Crippen LogP contribution in [-0.2, 0) is 11.4 Å². The maximum Gasteiger partial charge on any atom is 0.298 e. The van der Waals surface area contributed by atoms with Gasteiger partial charge in [-0.25, -0.2) is 4.90 Å². The molecule has 4 nitrogen and oxygen atoms in total. The predicted octanol–water partition coefficient (Wildman–Crippen LogP) is 7.64. The fraction of sp³-hybridized carbons (Fsp3) is 0.0435. The molecule has 31 heavy (non-hydrogen) atoms. The summed E-state index contributed by atoms with van der Waals surface area (Å²) in [5, 5.41) is -0.300. The van der Waals surface area contributed by atoms with Gasteiger partial charge in [-0.15, -0.1) is 0 Å². The van der Waals surface area contributed by atoms with E-state index < -0.39 is 0 Å². The van der Waals surface area contributed by atoms with Gasteiger partial charge in [-0.3, -0.25) is 9.59 Å². The van der Waals surface area contributed by atoms with Crippen molar-refractivity contribution in [3.63, 3.8) is 0 Å². The van der Waals surface area contributed by atoms with Crippen molar-refractivity contribution in [3.05, 3.63) is 95.3 Å². The Morgan fingerprint density at radius 3 is 2.39 bits per heavy atom. The number of nitrogens with zero attached hydrogens (tertiary/aromatic N) is 1. The lowest BCUT2D eigenvalue weighted by Gasteiger charge is -2.12. The normalized spacial score (nSPS) is 15.1. The van der Waals surface area contributed by atoms with Crippen LogP contribution in [0.4, 0.5) is 10.5 Å². The highest BCUT2D eigenvalue weighted by molar-refractivity contribution is 14.1. The van der Waals surface area contributed by atoms with E-state index in [0.29, 0.717) is 17.2 Å². The molecule has 156 valence electrons. The first kappa shape index (κ1) is 22.6. The van der Waals surface area contributed by atoms with Gasteiger partial charge in [0.15, 0.2) is 0 Å². The number of thioether (sulfide) groups is 1. The molecular formula is C23H14Br2INO3S. The Balaban J connectivity index is 1.54. The summed E-state index contributed by atoms with van der Waals surface area (Å²) in [4.78, 5) is 26.8. The lowest BCUT2D eigenvalue weighted by molar-refractivity contribution is -0.113. The van der Waals surface area contributed by atoms with Gasteiger partial charge in [0.05, 0.1) is 18.6 Å². The summed E-state index contributed by atoms with van der Waals surface area (Å²) in [6, 6.07) is 20.7. The van der Waals surface area contributed by atoms with E-state index >= 15 is 0 Å². The molecule has 1 fully saturated rings. The van der Waals surface area contributed by atoms with Crippen LogP contribution in [0.5, 0.6) is 5.75 Å². The number of rotatable bonds is 5. The standard InChI is InChI=1S/C23H14Br2INO3S/c24-16-8-6-14(7-9-16)13-30-21-18(25)10-15(11-19(21)26)12-20-22(28)27(23(29)31-20)17-4-2-1-3-5-17/h1-12H,13H2/b20-12-. The number of hydrogen-bond donors (Lipinski definition) is 0. The van der Waals surface area contributed by atoms with Gasteiger partial charge in [0.25, 0.3) is 11.1 Å². The molecule has 0 spiro atoms. The number of para-hydroxylation sites is 1. The molecule has 1 aliphatic heterocycles. The lowest BCUT2D eigenvalue weighted by atomic mass is 10.2. The zero-order valence-corrected chi connectivity index (χ0v) is 22.0. The molecule has 0 aliphatic carbocycles. The number of hydrogen-bond acceptors (Lipinski definition) is 4. The fourth-order valence-corrected chi connectivity index (χ4v) is 5.83. The number of anilines is 1. The van der Waals surface area contributed by atoms with E-state index in [-0.39, 0.29) is 11.1 Å². The zero-order chi connectivity index (χ0) is 22.0. The molecule has 0 atom stereocenters. The highest BCUT2D eigenvalue weighted by Crippen LogP contribution is 2.38. The van der Waals surface area contributed by atoms with E-state index in [1.54, 1.807) is 30.3 Å². The molecule has 3 aromatic carbocycles. The average Bonchev–Trinajstić information content (AvgIpc) is 3.02.